The Labute approximate surface area is 267 Å². The highest BCUT2D eigenvalue weighted by Crippen LogP contribution is 2.42. The van der Waals surface area contributed by atoms with Crippen LogP contribution in [0.1, 0.15) is 68.1 Å². The fourth-order valence-electron chi connectivity index (χ4n) is 7.92. The molecule has 7 heteroatoms. The Morgan fingerprint density at radius 1 is 0.767 bits per heavy atom. The van der Waals surface area contributed by atoms with E-state index in [0.717, 1.165) is 104 Å². The molecule has 5 nitrogen and oxygen atoms in total. The van der Waals surface area contributed by atoms with E-state index in [2.05, 4.69) is 74.3 Å². The van der Waals surface area contributed by atoms with E-state index in [-0.39, 0.29) is 10.8 Å². The number of halogens is 2. The van der Waals surface area contributed by atoms with Crippen LogP contribution in [-0.2, 0) is 22.2 Å². The summed E-state index contributed by atoms with van der Waals surface area (Å²) < 4.78 is 0. The lowest BCUT2D eigenvalue weighted by Crippen LogP contribution is -2.52. The van der Waals surface area contributed by atoms with Crippen LogP contribution < -0.4 is 0 Å². The highest BCUT2D eigenvalue weighted by Gasteiger charge is 2.45. The van der Waals surface area contributed by atoms with Crippen molar-refractivity contribution in [3.63, 3.8) is 0 Å². The van der Waals surface area contributed by atoms with Crippen molar-refractivity contribution in [2.45, 2.75) is 68.7 Å². The Morgan fingerprint density at radius 2 is 1.51 bits per heavy atom. The quantitative estimate of drug-likeness (QED) is 0.251. The van der Waals surface area contributed by atoms with Crippen molar-refractivity contribution in [3.8, 4) is 0 Å². The highest BCUT2D eigenvalue weighted by molar-refractivity contribution is 6.42. The molecule has 1 amide bonds. The van der Waals surface area contributed by atoms with Crippen LogP contribution in [0.15, 0.2) is 73.1 Å². The van der Waals surface area contributed by atoms with E-state index in [1.54, 1.807) is 0 Å². The summed E-state index contributed by atoms with van der Waals surface area (Å²) in [6.45, 7) is 7.84. The summed E-state index contributed by atoms with van der Waals surface area (Å²) in [5.74, 6) is 0.353. The van der Waals surface area contributed by atoms with E-state index in [9.17, 15) is 4.79 Å². The third-order valence-electron chi connectivity index (χ3n) is 10.3. The van der Waals surface area contributed by atoms with Crippen molar-refractivity contribution in [2.75, 3.05) is 45.8 Å². The van der Waals surface area contributed by atoms with Crippen LogP contribution in [0.25, 0.3) is 0 Å². The molecule has 0 spiro atoms. The molecule has 0 aliphatic carbocycles. The zero-order valence-electron chi connectivity index (χ0n) is 25.2. The lowest BCUT2D eigenvalue weighted by Gasteiger charge is -2.45. The minimum atomic E-state index is -0.389. The Hall–Kier alpha value is -2.44. The smallest absolute Gasteiger partial charge is 0.233 e. The van der Waals surface area contributed by atoms with E-state index >= 15 is 0 Å². The number of aromatic nitrogens is 1. The third kappa shape index (κ3) is 6.81. The fourth-order valence-corrected chi connectivity index (χ4v) is 8.22. The first-order chi connectivity index (χ1) is 21.0. The predicted molar refractivity (Wildman–Crippen MR) is 176 cm³/mol. The molecule has 0 N–H and O–H groups in total. The molecule has 6 rings (SSSR count). The van der Waals surface area contributed by atoms with Gasteiger partial charge in [0.25, 0.3) is 0 Å². The van der Waals surface area contributed by atoms with Crippen LogP contribution in [0.5, 0.6) is 0 Å². The third-order valence-corrected chi connectivity index (χ3v) is 11.1. The molecular formula is C36H44Cl2N4O. The van der Waals surface area contributed by atoms with Crippen molar-refractivity contribution in [3.05, 3.63) is 99.8 Å². The minimum Gasteiger partial charge on any atom is -0.342 e. The number of hydrogen-bond donors (Lipinski definition) is 0. The van der Waals surface area contributed by atoms with E-state index in [4.69, 9.17) is 23.2 Å². The maximum Gasteiger partial charge on any atom is 0.233 e. The largest absolute Gasteiger partial charge is 0.342 e. The zero-order chi connectivity index (χ0) is 29.7. The van der Waals surface area contributed by atoms with E-state index in [0.29, 0.717) is 16.0 Å². The summed E-state index contributed by atoms with van der Waals surface area (Å²) in [5, 5.41) is 1.25. The lowest BCUT2D eigenvalue weighted by atomic mass is 9.70. The summed E-state index contributed by atoms with van der Waals surface area (Å²) in [6.07, 6.45) is 12.3. The first-order valence-corrected chi connectivity index (χ1v) is 16.9. The second-order valence-corrected chi connectivity index (χ2v) is 13.8. The molecule has 4 heterocycles. The van der Waals surface area contributed by atoms with Gasteiger partial charge in [-0.3, -0.25) is 14.7 Å². The van der Waals surface area contributed by atoms with Gasteiger partial charge in [0.15, 0.2) is 0 Å². The molecule has 3 aliphatic heterocycles. The molecule has 3 aliphatic rings. The van der Waals surface area contributed by atoms with Gasteiger partial charge in [0.2, 0.25) is 5.91 Å². The van der Waals surface area contributed by atoms with Gasteiger partial charge in [0.1, 0.15) is 0 Å². The van der Waals surface area contributed by atoms with Gasteiger partial charge in [-0.2, -0.15) is 0 Å². The van der Waals surface area contributed by atoms with Crippen LogP contribution in [0.2, 0.25) is 10.0 Å². The topological polar surface area (TPSA) is 39.7 Å². The number of nitrogens with zero attached hydrogens (tertiary/aromatic N) is 4. The summed E-state index contributed by atoms with van der Waals surface area (Å²) in [4.78, 5) is 25.5. The van der Waals surface area contributed by atoms with Gasteiger partial charge in [-0.1, -0.05) is 59.6 Å². The number of benzene rings is 2. The summed E-state index contributed by atoms with van der Waals surface area (Å²) in [7, 11) is 0. The van der Waals surface area contributed by atoms with Crippen LogP contribution in [0, 0.1) is 0 Å². The first kappa shape index (κ1) is 30.6. The average Bonchev–Trinajstić information content (AvgIpc) is 3.59. The lowest BCUT2D eigenvalue weighted by molar-refractivity contribution is -0.138. The van der Waals surface area contributed by atoms with Crippen LogP contribution >= 0.6 is 23.2 Å². The molecule has 1 unspecified atom stereocenters. The summed E-state index contributed by atoms with van der Waals surface area (Å²) in [6, 6.07) is 21.1. The van der Waals surface area contributed by atoms with Crippen molar-refractivity contribution < 1.29 is 4.79 Å². The van der Waals surface area contributed by atoms with E-state index < -0.39 is 0 Å². The molecule has 43 heavy (non-hydrogen) atoms. The summed E-state index contributed by atoms with van der Waals surface area (Å²) in [5.41, 5.74) is 3.45. The summed E-state index contributed by atoms with van der Waals surface area (Å²) >= 11 is 12.9. The Morgan fingerprint density at radius 3 is 2.23 bits per heavy atom. The van der Waals surface area contributed by atoms with Crippen LogP contribution in [-0.4, -0.2) is 71.4 Å². The molecule has 228 valence electrons. The molecule has 2 aromatic carbocycles. The van der Waals surface area contributed by atoms with Gasteiger partial charge in [0, 0.05) is 44.0 Å². The Bertz CT molecular complexity index is 1360. The molecule has 3 aromatic rings. The number of carbonyl (C=O) groups excluding carboxylic acids is 1. The molecule has 3 fully saturated rings. The van der Waals surface area contributed by atoms with E-state index in [1.807, 2.05) is 18.5 Å². The van der Waals surface area contributed by atoms with Crippen LogP contribution in [0.3, 0.4) is 0 Å². The molecule has 0 bridgehead atoms. The van der Waals surface area contributed by atoms with Crippen molar-refractivity contribution in [2.24, 2.45) is 0 Å². The average molecular weight is 620 g/mol. The van der Waals surface area contributed by atoms with Gasteiger partial charge in [0.05, 0.1) is 15.5 Å². The van der Waals surface area contributed by atoms with E-state index in [1.165, 1.54) is 16.7 Å². The highest BCUT2D eigenvalue weighted by atomic mass is 35.5. The number of amides is 1. The zero-order valence-corrected chi connectivity index (χ0v) is 26.7. The second kappa shape index (κ2) is 13.7. The van der Waals surface area contributed by atoms with Crippen molar-refractivity contribution >= 4 is 29.1 Å². The normalized spacial score (nSPS) is 23.0. The number of hydrogen-bond acceptors (Lipinski definition) is 4. The van der Waals surface area contributed by atoms with Gasteiger partial charge < -0.3 is 9.80 Å². The molecule has 1 atom stereocenters. The number of rotatable bonds is 9. The molecule has 1 aromatic heterocycles. The Balaban J connectivity index is 1.14. The van der Waals surface area contributed by atoms with Gasteiger partial charge in [-0.25, -0.2) is 0 Å². The van der Waals surface area contributed by atoms with Gasteiger partial charge in [-0.15, -0.1) is 0 Å². The number of piperidine rings is 2. The second-order valence-electron chi connectivity index (χ2n) is 13.0. The maximum atomic E-state index is 13.9. The number of likely N-dealkylation sites (tertiary alicyclic amines) is 3. The monoisotopic (exact) mass is 618 g/mol. The SMILES string of the molecule is O=C(N1CCCC1)C1(c2ccccc2)CCN(CCCC2(c3ccc(Cl)c(Cl)c3)CCCN(Cc3ccncc3)C2)CC1. The maximum absolute atomic E-state index is 13.9. The molecular weight excluding hydrogens is 575 g/mol. The Kier molecular flexibility index (Phi) is 9.73. The fraction of sp³-hybridized carbons (Fsp3) is 0.500. The van der Waals surface area contributed by atoms with Crippen LogP contribution in [0.4, 0.5) is 0 Å². The molecule has 0 saturated carbocycles. The standard InChI is InChI=1S/C36H44Cl2N4O/c37-32-11-10-31(26-33(32)38)35(15-7-21-41(28-35)27-29-12-18-39-19-13-29)14-6-20-40-24-16-36(17-25-40,30-8-2-1-3-9-30)34(43)42-22-4-5-23-42/h1-3,8-13,18-19,26H,4-7,14-17,20-25,27-28H2. The predicted octanol–water partition coefficient (Wildman–Crippen LogP) is 7.36. The number of pyridine rings is 1. The van der Waals surface area contributed by atoms with Crippen molar-refractivity contribution in [1.82, 2.24) is 19.7 Å². The molecule has 0 radical (unpaired) electrons. The van der Waals surface area contributed by atoms with Crippen molar-refractivity contribution in [1.29, 1.82) is 0 Å². The first-order valence-electron chi connectivity index (χ1n) is 16.1. The van der Waals surface area contributed by atoms with Gasteiger partial charge >= 0.3 is 0 Å². The number of carbonyl (C=O) groups is 1. The molecule has 3 saturated heterocycles. The van der Waals surface area contributed by atoms with Gasteiger partial charge in [-0.05, 0) is 119 Å². The minimum absolute atomic E-state index is 0.0365.